The van der Waals surface area contributed by atoms with Crippen molar-refractivity contribution < 1.29 is 27.0 Å². The molecule has 0 saturated carbocycles. The fourth-order valence-corrected chi connectivity index (χ4v) is 8.46. The van der Waals surface area contributed by atoms with Crippen LogP contribution in [0.25, 0.3) is 44.6 Å². The lowest BCUT2D eigenvalue weighted by molar-refractivity contribution is 0.122. The second-order valence-corrected chi connectivity index (χ2v) is 18.0. The van der Waals surface area contributed by atoms with Crippen LogP contribution in [0.2, 0.25) is 5.02 Å². The molecule has 2 aromatic carbocycles. The number of morpholine rings is 2. The summed E-state index contributed by atoms with van der Waals surface area (Å²) in [5, 5.41) is 3.99. The maximum Gasteiger partial charge on any atom is 0.137 e. The van der Waals surface area contributed by atoms with Gasteiger partial charge in [-0.1, -0.05) is 23.7 Å². The molecule has 0 atom stereocenters. The van der Waals surface area contributed by atoms with Crippen molar-refractivity contribution in [3.8, 4) is 22.8 Å². The number of nitrogens with one attached hydrogen (secondary N) is 1. The minimum Gasteiger partial charge on any atom is -0.398 e. The van der Waals surface area contributed by atoms with E-state index in [9.17, 15) is 13.2 Å². The Morgan fingerprint density at radius 1 is 0.627 bits per heavy atom. The van der Waals surface area contributed by atoms with Crippen LogP contribution in [0.5, 0.6) is 0 Å². The Labute approximate surface area is 415 Å². The molecule has 3 N–H and O–H groups in total. The van der Waals surface area contributed by atoms with Crippen molar-refractivity contribution in [3.05, 3.63) is 144 Å². The van der Waals surface area contributed by atoms with E-state index in [1.54, 1.807) is 43.8 Å². The predicted octanol–water partition coefficient (Wildman–Crippen LogP) is 11.1. The first-order valence-corrected chi connectivity index (χ1v) is 23.5. The molecule has 0 aliphatic carbocycles. The van der Waals surface area contributed by atoms with Gasteiger partial charge in [0.15, 0.2) is 0 Å². The molecule has 67 heavy (non-hydrogen) atoms. The van der Waals surface area contributed by atoms with Gasteiger partial charge in [-0.3, -0.25) is 9.97 Å². The molecule has 2 fully saturated rings. The zero-order chi connectivity index (χ0) is 47.2. The monoisotopic (exact) mass is 1150 g/mol. The van der Waals surface area contributed by atoms with Crippen LogP contribution in [0.4, 0.5) is 46.3 Å². The van der Waals surface area contributed by atoms with Gasteiger partial charge in [0.05, 0.1) is 100 Å². The molecule has 19 heteroatoms. The SMILES string of the molecule is Cc1c(-c2ccccn2)nc2cc(F)cc(F)c2c1Cl.Cc1c(-c2ccccn2)nc2cc(F)cc(F)c2c1Nc1cc(N2CCOCC2)ncc1I.Nc1cc(N2CCOCC2)ncc1I. The molecule has 2 aliphatic rings. The molecule has 0 unspecified atom stereocenters. The molecular formula is C48H41ClF4I2N10O2. The average Bonchev–Trinajstić information content (AvgIpc) is 3.33. The van der Waals surface area contributed by atoms with Crippen LogP contribution in [0.15, 0.2) is 97.6 Å². The van der Waals surface area contributed by atoms with Gasteiger partial charge in [0, 0.05) is 92.9 Å². The number of aromatic nitrogens is 6. The van der Waals surface area contributed by atoms with E-state index in [-0.39, 0.29) is 26.8 Å². The third-order valence-electron chi connectivity index (χ3n) is 10.9. The molecule has 6 aromatic heterocycles. The topological polar surface area (TPSA) is 140 Å². The minimum absolute atomic E-state index is 0.130. The zero-order valence-electron chi connectivity index (χ0n) is 36.0. The van der Waals surface area contributed by atoms with E-state index in [0.717, 1.165) is 87.7 Å². The van der Waals surface area contributed by atoms with Gasteiger partial charge >= 0.3 is 0 Å². The Morgan fingerprint density at radius 2 is 1.12 bits per heavy atom. The highest BCUT2D eigenvalue weighted by Crippen LogP contribution is 2.38. The molecule has 2 saturated heterocycles. The Morgan fingerprint density at radius 3 is 1.64 bits per heavy atom. The number of rotatable bonds is 6. The maximum atomic E-state index is 15.0. The number of pyridine rings is 6. The van der Waals surface area contributed by atoms with Crippen molar-refractivity contribution in [2.45, 2.75) is 13.8 Å². The van der Waals surface area contributed by atoms with E-state index >= 15 is 4.39 Å². The van der Waals surface area contributed by atoms with Crippen LogP contribution in [-0.2, 0) is 9.47 Å². The number of halogens is 7. The normalized spacial score (nSPS) is 13.7. The Bertz CT molecular complexity index is 3060. The quantitative estimate of drug-likeness (QED) is 0.121. The van der Waals surface area contributed by atoms with Gasteiger partial charge in [0.2, 0.25) is 0 Å². The van der Waals surface area contributed by atoms with Crippen LogP contribution in [0, 0.1) is 44.3 Å². The molecule has 0 spiro atoms. The number of nitrogen functional groups attached to an aromatic ring is 1. The lowest BCUT2D eigenvalue weighted by Gasteiger charge is -2.28. The van der Waals surface area contributed by atoms with E-state index in [1.807, 2.05) is 43.3 Å². The standard InChI is InChI=1S/C24H20F2IN5O.C15H9ClF2N2.C9H12IN3O/c1-14-23(18-4-2-3-5-28-18)31-20-11-15(25)10-16(26)22(20)24(14)30-19-12-21(29-13-17(19)27)32-6-8-33-9-7-32;1-8-14(16)13-10(18)6-9(17)7-12(13)20-15(8)11-4-2-3-5-19-11;10-7-6-12-9(5-8(7)11)13-1-3-14-4-2-13/h2-5,10-13H,6-9H2,1H3,(H,29,30,31);2-7H,1H3;5-6H,1-4H2,(H2,11,12). The highest BCUT2D eigenvalue weighted by molar-refractivity contribution is 14.1. The predicted molar refractivity (Wildman–Crippen MR) is 272 cm³/mol. The van der Waals surface area contributed by atoms with Gasteiger partial charge in [0.25, 0.3) is 0 Å². The van der Waals surface area contributed by atoms with Gasteiger partial charge in [-0.25, -0.2) is 37.5 Å². The number of hydrogen-bond donors (Lipinski definition) is 2. The van der Waals surface area contributed by atoms with Crippen molar-refractivity contribution in [2.75, 3.05) is 73.5 Å². The van der Waals surface area contributed by atoms with E-state index in [1.165, 1.54) is 6.07 Å². The molecule has 0 bridgehead atoms. The summed E-state index contributed by atoms with van der Waals surface area (Å²) in [4.78, 5) is 30.7. The van der Waals surface area contributed by atoms with Crippen LogP contribution < -0.4 is 20.9 Å². The number of hydrogen-bond acceptors (Lipinski definition) is 12. The third-order valence-corrected chi connectivity index (χ3v) is 13.1. The number of anilines is 5. The smallest absolute Gasteiger partial charge is 0.137 e. The van der Waals surface area contributed by atoms with Gasteiger partial charge in [-0.05, 0) is 88.9 Å². The second-order valence-electron chi connectivity index (χ2n) is 15.3. The number of nitrogens with two attached hydrogens (primary N) is 1. The lowest BCUT2D eigenvalue weighted by atomic mass is 10.0. The molecule has 0 radical (unpaired) electrons. The molecule has 344 valence electrons. The number of ether oxygens (including phenoxy) is 2. The van der Waals surface area contributed by atoms with Crippen LogP contribution in [0.3, 0.4) is 0 Å². The number of nitrogens with zero attached hydrogens (tertiary/aromatic N) is 8. The first-order valence-electron chi connectivity index (χ1n) is 20.9. The fraction of sp³-hybridized carbons (Fsp3) is 0.208. The minimum atomic E-state index is -0.715. The summed E-state index contributed by atoms with van der Waals surface area (Å²) in [6, 6.07) is 18.8. The lowest BCUT2D eigenvalue weighted by Crippen LogP contribution is -2.36. The van der Waals surface area contributed by atoms with Crippen molar-refractivity contribution in [2.24, 2.45) is 0 Å². The Hall–Kier alpha value is -5.55. The fourth-order valence-electron chi connectivity index (χ4n) is 7.46. The number of fused-ring (bicyclic) bond motifs is 2. The molecule has 12 nitrogen and oxygen atoms in total. The second kappa shape index (κ2) is 21.6. The molecule has 0 amide bonds. The van der Waals surface area contributed by atoms with Gasteiger partial charge < -0.3 is 30.3 Å². The summed E-state index contributed by atoms with van der Waals surface area (Å²) in [6.45, 7) is 9.73. The molecule has 8 aromatic rings. The van der Waals surface area contributed by atoms with Crippen molar-refractivity contribution >= 4 is 107 Å². The molecule has 10 rings (SSSR count). The van der Waals surface area contributed by atoms with Crippen molar-refractivity contribution in [1.29, 1.82) is 0 Å². The van der Waals surface area contributed by atoms with E-state index in [4.69, 9.17) is 26.8 Å². The van der Waals surface area contributed by atoms with Gasteiger partial charge in [-0.2, -0.15) is 0 Å². The summed E-state index contributed by atoms with van der Waals surface area (Å²) >= 11 is 10.6. The third kappa shape index (κ3) is 11.1. The molecular weight excluding hydrogens is 1110 g/mol. The number of benzene rings is 2. The van der Waals surface area contributed by atoms with Gasteiger partial charge in [0.1, 0.15) is 34.9 Å². The van der Waals surface area contributed by atoms with E-state index in [0.29, 0.717) is 52.8 Å². The maximum absolute atomic E-state index is 15.0. The average molecular weight is 1160 g/mol. The highest BCUT2D eigenvalue weighted by Gasteiger charge is 2.21. The first-order chi connectivity index (χ1) is 32.4. The molecule has 8 heterocycles. The summed E-state index contributed by atoms with van der Waals surface area (Å²) in [5.74, 6) is -0.988. The Kier molecular flexibility index (Phi) is 15.5. The summed E-state index contributed by atoms with van der Waals surface area (Å²) in [5.41, 5.74) is 12.0. The first kappa shape index (κ1) is 47.9. The van der Waals surface area contributed by atoms with E-state index < -0.39 is 23.3 Å². The summed E-state index contributed by atoms with van der Waals surface area (Å²) in [7, 11) is 0. The largest absolute Gasteiger partial charge is 0.398 e. The van der Waals surface area contributed by atoms with Crippen molar-refractivity contribution in [3.63, 3.8) is 0 Å². The highest BCUT2D eigenvalue weighted by atomic mass is 127. The van der Waals surface area contributed by atoms with Crippen LogP contribution >= 0.6 is 56.8 Å². The molecule has 2 aliphatic heterocycles. The Balaban J connectivity index is 0.000000151. The summed E-state index contributed by atoms with van der Waals surface area (Å²) in [6.07, 6.45) is 6.88. The zero-order valence-corrected chi connectivity index (χ0v) is 41.1. The van der Waals surface area contributed by atoms with Gasteiger partial charge in [-0.15, -0.1) is 0 Å². The van der Waals surface area contributed by atoms with Crippen molar-refractivity contribution in [1.82, 2.24) is 29.9 Å². The van der Waals surface area contributed by atoms with Crippen LogP contribution in [-0.4, -0.2) is 82.5 Å². The van der Waals surface area contributed by atoms with Crippen LogP contribution in [0.1, 0.15) is 11.1 Å². The summed E-state index contributed by atoms with van der Waals surface area (Å²) < 4.78 is 68.8. The van der Waals surface area contributed by atoms with E-state index in [2.05, 4.69) is 90.2 Å².